The fraction of sp³-hybridized carbons (Fsp3) is 0.552. The normalized spacial score (nSPS) is 27.4. The zero-order valence-corrected chi connectivity index (χ0v) is 23.2. The highest BCUT2D eigenvalue weighted by molar-refractivity contribution is 6.31. The number of halogens is 1. The van der Waals surface area contributed by atoms with Crippen LogP contribution < -0.4 is 4.74 Å². The number of ether oxygens (including phenoxy) is 5. The summed E-state index contributed by atoms with van der Waals surface area (Å²) in [5.41, 5.74) is 1.86. The Labute approximate surface area is 233 Å². The molecule has 0 spiro atoms. The molecule has 2 heterocycles. The van der Waals surface area contributed by atoms with E-state index in [1.807, 2.05) is 45.0 Å². The molecule has 2 fully saturated rings. The third-order valence-corrected chi connectivity index (χ3v) is 7.02. The topological polar surface area (TPSA) is 124 Å². The maximum Gasteiger partial charge on any atom is 0.332 e. The van der Waals surface area contributed by atoms with E-state index < -0.39 is 42.1 Å². The monoisotopic (exact) mass is 564 g/mol. The van der Waals surface area contributed by atoms with Crippen LogP contribution in [-0.2, 0) is 30.2 Å². The van der Waals surface area contributed by atoms with Gasteiger partial charge in [-0.15, -0.1) is 0 Å². The van der Waals surface area contributed by atoms with Gasteiger partial charge in [0.2, 0.25) is 0 Å². The van der Waals surface area contributed by atoms with Crippen LogP contribution >= 0.6 is 11.6 Å². The van der Waals surface area contributed by atoms with Gasteiger partial charge in [0, 0.05) is 11.4 Å². The number of carbonyl (C=O) groups is 1. The minimum Gasteiger partial charge on any atom is -0.488 e. The van der Waals surface area contributed by atoms with E-state index >= 15 is 0 Å². The van der Waals surface area contributed by atoms with E-state index in [1.54, 1.807) is 18.2 Å². The van der Waals surface area contributed by atoms with E-state index in [2.05, 4.69) is 0 Å². The average Bonchev–Trinajstić information content (AvgIpc) is 3.41. The van der Waals surface area contributed by atoms with E-state index in [1.165, 1.54) is 0 Å². The van der Waals surface area contributed by atoms with Crippen LogP contribution in [0.2, 0.25) is 5.02 Å². The first-order chi connectivity index (χ1) is 18.5. The summed E-state index contributed by atoms with van der Waals surface area (Å²) in [5, 5.41) is 32.2. The van der Waals surface area contributed by atoms with E-state index in [-0.39, 0.29) is 19.3 Å². The molecule has 2 aliphatic heterocycles. The second kappa shape index (κ2) is 13.0. The second-order valence-corrected chi connectivity index (χ2v) is 11.3. The smallest absolute Gasteiger partial charge is 0.332 e. The number of aliphatic hydroxyl groups is 3. The second-order valence-electron chi connectivity index (χ2n) is 10.9. The SMILES string of the molecule is CC(C)(C)OCC(=O)OC[C@H]1O[C@@H](c2ccc(Cl)c(Cc3ccc(OC4CCOC4)cc3)c2)[C@H](O)[C@@H](O)[C@@H]1O. The molecule has 39 heavy (non-hydrogen) atoms. The predicted molar refractivity (Wildman–Crippen MR) is 143 cm³/mol. The van der Waals surface area contributed by atoms with Gasteiger partial charge in [0.1, 0.15) is 55.6 Å². The molecular weight excluding hydrogens is 528 g/mol. The summed E-state index contributed by atoms with van der Waals surface area (Å²) in [6.45, 7) is 6.18. The maximum absolute atomic E-state index is 12.1. The largest absolute Gasteiger partial charge is 0.488 e. The number of aliphatic hydroxyl groups excluding tert-OH is 3. The predicted octanol–water partition coefficient (Wildman–Crippen LogP) is 2.98. The molecule has 1 unspecified atom stereocenters. The first-order valence-electron chi connectivity index (χ1n) is 13.1. The highest BCUT2D eigenvalue weighted by atomic mass is 35.5. The third kappa shape index (κ3) is 8.14. The summed E-state index contributed by atoms with van der Waals surface area (Å²) in [7, 11) is 0. The highest BCUT2D eigenvalue weighted by Crippen LogP contribution is 2.35. The van der Waals surface area contributed by atoms with E-state index in [9.17, 15) is 20.1 Å². The first kappa shape index (κ1) is 29.7. The summed E-state index contributed by atoms with van der Waals surface area (Å²) < 4.78 is 27.8. The number of hydrogen-bond donors (Lipinski definition) is 3. The van der Waals surface area contributed by atoms with Gasteiger partial charge < -0.3 is 39.0 Å². The minimum atomic E-state index is -1.50. The Bertz CT molecular complexity index is 1090. The molecule has 9 nitrogen and oxygen atoms in total. The molecule has 2 saturated heterocycles. The maximum atomic E-state index is 12.1. The van der Waals surface area contributed by atoms with Gasteiger partial charge in [-0.2, -0.15) is 0 Å². The van der Waals surface area contributed by atoms with E-state index in [0.29, 0.717) is 30.2 Å². The van der Waals surface area contributed by atoms with Crippen molar-refractivity contribution in [1.82, 2.24) is 0 Å². The van der Waals surface area contributed by atoms with Crippen LogP contribution in [0.3, 0.4) is 0 Å². The van der Waals surface area contributed by atoms with Gasteiger partial charge in [-0.1, -0.05) is 35.9 Å². The summed E-state index contributed by atoms with van der Waals surface area (Å²) in [5.74, 6) is 0.150. The highest BCUT2D eigenvalue weighted by Gasteiger charge is 2.44. The Kier molecular flexibility index (Phi) is 9.87. The number of esters is 1. The molecule has 2 aliphatic rings. The summed E-state index contributed by atoms with van der Waals surface area (Å²) in [4.78, 5) is 12.1. The van der Waals surface area contributed by atoms with Crippen LogP contribution in [0.5, 0.6) is 5.75 Å². The zero-order valence-electron chi connectivity index (χ0n) is 22.4. The van der Waals surface area contributed by atoms with Crippen molar-refractivity contribution in [3.05, 3.63) is 64.2 Å². The Morgan fingerprint density at radius 1 is 1.05 bits per heavy atom. The molecule has 10 heteroatoms. The molecular formula is C29H37ClO9. The number of hydrogen-bond acceptors (Lipinski definition) is 9. The molecule has 4 rings (SSSR count). The van der Waals surface area contributed by atoms with Crippen molar-refractivity contribution in [3.63, 3.8) is 0 Å². The lowest BCUT2D eigenvalue weighted by Crippen LogP contribution is -2.55. The molecule has 0 aromatic heterocycles. The lowest BCUT2D eigenvalue weighted by atomic mass is 9.90. The van der Waals surface area contributed by atoms with Crippen LogP contribution in [0.4, 0.5) is 0 Å². The van der Waals surface area contributed by atoms with Crippen molar-refractivity contribution in [2.24, 2.45) is 0 Å². The van der Waals surface area contributed by atoms with E-state index in [0.717, 1.165) is 23.3 Å². The molecule has 0 saturated carbocycles. The van der Waals surface area contributed by atoms with Gasteiger partial charge in [0.25, 0.3) is 0 Å². The van der Waals surface area contributed by atoms with Gasteiger partial charge in [0.05, 0.1) is 18.8 Å². The molecule has 2 aromatic carbocycles. The standard InChI is InChI=1S/C29H37ClO9/c1-29(2,3)37-16-24(31)36-15-23-25(32)26(33)27(34)28(39-23)18-6-9-22(30)19(13-18)12-17-4-7-20(8-5-17)38-21-10-11-35-14-21/h4-9,13,21,23,25-28,32-34H,10-12,14-16H2,1-3H3/t21?,23-,25-,26+,27-,28+/m1/s1. The van der Waals surface area contributed by atoms with Crippen molar-refractivity contribution in [2.75, 3.05) is 26.4 Å². The Morgan fingerprint density at radius 3 is 2.46 bits per heavy atom. The molecule has 0 radical (unpaired) electrons. The Morgan fingerprint density at radius 2 is 1.79 bits per heavy atom. The zero-order chi connectivity index (χ0) is 28.2. The summed E-state index contributed by atoms with van der Waals surface area (Å²) in [6.07, 6.45) is -4.92. The molecule has 0 amide bonds. The molecule has 214 valence electrons. The van der Waals surface area contributed by atoms with Crippen molar-refractivity contribution in [2.45, 2.75) is 75.8 Å². The van der Waals surface area contributed by atoms with Crippen LogP contribution in [-0.4, -0.2) is 83.8 Å². The molecule has 0 aliphatic carbocycles. The lowest BCUT2D eigenvalue weighted by Gasteiger charge is -2.40. The van der Waals surface area contributed by atoms with Crippen LogP contribution in [0.1, 0.15) is 50.0 Å². The fourth-order valence-electron chi connectivity index (χ4n) is 4.47. The van der Waals surface area contributed by atoms with Crippen molar-refractivity contribution in [1.29, 1.82) is 0 Å². The lowest BCUT2D eigenvalue weighted by molar-refractivity contribution is -0.235. The van der Waals surface area contributed by atoms with Crippen molar-refractivity contribution >= 4 is 17.6 Å². The van der Waals surface area contributed by atoms with Crippen LogP contribution in [0, 0.1) is 0 Å². The van der Waals surface area contributed by atoms with E-state index in [4.69, 9.17) is 35.3 Å². The summed E-state index contributed by atoms with van der Waals surface area (Å²) >= 11 is 6.49. The van der Waals surface area contributed by atoms with Crippen molar-refractivity contribution in [3.8, 4) is 5.75 Å². The average molecular weight is 565 g/mol. The summed E-state index contributed by atoms with van der Waals surface area (Å²) in [6, 6.07) is 13.0. The van der Waals surface area contributed by atoms with Gasteiger partial charge in [-0.25, -0.2) is 4.79 Å². The minimum absolute atomic E-state index is 0.0712. The Balaban J connectivity index is 1.41. The number of rotatable bonds is 9. The Hall–Kier alpha value is -2.24. The first-order valence-corrected chi connectivity index (χ1v) is 13.5. The molecule has 3 N–H and O–H groups in total. The van der Waals surface area contributed by atoms with Crippen LogP contribution in [0.25, 0.3) is 0 Å². The van der Waals surface area contributed by atoms with Gasteiger partial charge in [-0.3, -0.25) is 0 Å². The van der Waals surface area contributed by atoms with Gasteiger partial charge in [0.15, 0.2) is 0 Å². The number of benzene rings is 2. The van der Waals surface area contributed by atoms with Gasteiger partial charge in [-0.05, 0) is 62.1 Å². The van der Waals surface area contributed by atoms with Gasteiger partial charge >= 0.3 is 5.97 Å². The molecule has 6 atom stereocenters. The molecule has 0 bridgehead atoms. The quantitative estimate of drug-likeness (QED) is 0.394. The number of carbonyl (C=O) groups excluding carboxylic acids is 1. The fourth-order valence-corrected chi connectivity index (χ4v) is 4.65. The van der Waals surface area contributed by atoms with Crippen molar-refractivity contribution < 1.29 is 43.8 Å². The van der Waals surface area contributed by atoms with Crippen LogP contribution in [0.15, 0.2) is 42.5 Å². The third-order valence-electron chi connectivity index (χ3n) is 6.65. The molecule has 2 aromatic rings.